The van der Waals surface area contributed by atoms with Crippen LogP contribution in [-0.4, -0.2) is 6.54 Å². The fourth-order valence-corrected chi connectivity index (χ4v) is 0.244. The predicted molar refractivity (Wildman–Crippen MR) is 32.1 cm³/mol. The molecule has 3 heteroatoms. The van der Waals surface area contributed by atoms with Crippen molar-refractivity contribution in [1.82, 2.24) is 0 Å². The maximum absolute atomic E-state index is 9.42. The molecule has 0 saturated heterocycles. The summed E-state index contributed by atoms with van der Waals surface area (Å²) in [4.78, 5) is 9.42. The van der Waals surface area contributed by atoms with Gasteiger partial charge >= 0.3 is 0 Å². The molecular weight excluding hydrogens is 104 g/mol. The molecule has 0 aromatic carbocycles. The summed E-state index contributed by atoms with van der Waals surface area (Å²) in [5.74, 6) is 0. The van der Waals surface area contributed by atoms with Crippen LogP contribution in [0.3, 0.4) is 0 Å². The minimum atomic E-state index is 0.147. The molecule has 0 atom stereocenters. The molecule has 0 unspecified atom stereocenters. The molecule has 0 saturated carbocycles. The summed E-state index contributed by atoms with van der Waals surface area (Å²) in [6.07, 6.45) is 1.49. The summed E-state index contributed by atoms with van der Waals surface area (Å²) in [6.45, 7) is 1.84. The molecule has 0 fully saturated rings. The van der Waals surface area contributed by atoms with Gasteiger partial charge in [0.2, 0.25) is 0 Å². The van der Waals surface area contributed by atoms with Crippen molar-refractivity contribution >= 4 is 0 Å². The van der Waals surface area contributed by atoms with Crippen LogP contribution in [0.25, 0.3) is 0 Å². The van der Waals surface area contributed by atoms with Gasteiger partial charge in [0.15, 0.2) is 0 Å². The summed E-state index contributed by atoms with van der Waals surface area (Å²) in [5, 5.41) is 2.57. The van der Waals surface area contributed by atoms with Gasteiger partial charge < -0.3 is 5.73 Å². The standard InChI is InChI=1S/C5H8N2O/c1-5(6)3-2-4-7-8/h2H,4,6H2,1H3. The van der Waals surface area contributed by atoms with E-state index in [1.807, 2.05) is 0 Å². The predicted octanol–water partition coefficient (Wildman–Crippen LogP) is 0.770. The molecule has 0 aliphatic rings. The highest BCUT2D eigenvalue weighted by Gasteiger charge is 1.68. The molecule has 0 aromatic rings. The topological polar surface area (TPSA) is 55.4 Å². The minimum absolute atomic E-state index is 0.147. The Kier molecular flexibility index (Phi) is 3.54. The van der Waals surface area contributed by atoms with Gasteiger partial charge in [-0.05, 0) is 13.0 Å². The molecule has 0 amide bonds. The maximum Gasteiger partial charge on any atom is 0.107 e. The second-order valence-corrected chi connectivity index (χ2v) is 1.34. The fraction of sp³-hybridized carbons (Fsp3) is 0.400. The Balaban J connectivity index is 3.63. The first kappa shape index (κ1) is 6.92. The number of hydrogen-bond acceptors (Lipinski definition) is 3. The van der Waals surface area contributed by atoms with E-state index in [0.29, 0.717) is 5.70 Å². The number of rotatable bonds is 2. The van der Waals surface area contributed by atoms with E-state index >= 15 is 0 Å². The van der Waals surface area contributed by atoms with Gasteiger partial charge in [-0.3, -0.25) is 0 Å². The van der Waals surface area contributed by atoms with E-state index in [-0.39, 0.29) is 6.54 Å². The molecule has 0 aliphatic carbocycles. The first-order valence-corrected chi connectivity index (χ1v) is 2.23. The first-order chi connectivity index (χ1) is 3.77. The zero-order valence-corrected chi connectivity index (χ0v) is 4.72. The van der Waals surface area contributed by atoms with Crippen molar-refractivity contribution < 1.29 is 0 Å². The molecule has 0 aliphatic heterocycles. The van der Waals surface area contributed by atoms with E-state index in [0.717, 1.165) is 0 Å². The quantitative estimate of drug-likeness (QED) is 0.423. The van der Waals surface area contributed by atoms with Crippen molar-refractivity contribution in [3.8, 4) is 0 Å². The van der Waals surface area contributed by atoms with Crippen LogP contribution in [0.5, 0.6) is 0 Å². The number of hydrogen-bond donors (Lipinski definition) is 1. The van der Waals surface area contributed by atoms with Gasteiger partial charge in [0.1, 0.15) is 6.54 Å². The summed E-state index contributed by atoms with van der Waals surface area (Å²) in [5.41, 5.74) is 8.35. The van der Waals surface area contributed by atoms with Gasteiger partial charge in [-0.1, -0.05) is 5.18 Å². The Morgan fingerprint density at radius 1 is 2.00 bits per heavy atom. The molecular formula is C5H8N2O. The molecule has 0 spiro atoms. The monoisotopic (exact) mass is 112 g/mol. The van der Waals surface area contributed by atoms with Crippen LogP contribution in [0.1, 0.15) is 6.92 Å². The van der Waals surface area contributed by atoms with Crippen molar-refractivity contribution in [1.29, 1.82) is 0 Å². The van der Waals surface area contributed by atoms with E-state index in [1.54, 1.807) is 6.92 Å². The zero-order valence-electron chi connectivity index (χ0n) is 4.72. The van der Waals surface area contributed by atoms with Gasteiger partial charge in [-0.2, -0.15) is 4.91 Å². The minimum Gasteiger partial charge on any atom is -0.396 e. The van der Waals surface area contributed by atoms with E-state index in [9.17, 15) is 4.91 Å². The maximum atomic E-state index is 9.42. The largest absolute Gasteiger partial charge is 0.396 e. The Morgan fingerprint density at radius 3 is 3.00 bits per heavy atom. The molecule has 0 bridgehead atoms. The average Bonchev–Trinajstić information content (AvgIpc) is 1.66. The summed E-state index contributed by atoms with van der Waals surface area (Å²) in [6, 6.07) is 0. The summed E-state index contributed by atoms with van der Waals surface area (Å²) < 4.78 is 0. The number of nitrogens with zero attached hydrogens (tertiary/aromatic N) is 1. The van der Waals surface area contributed by atoms with E-state index in [2.05, 4.69) is 10.9 Å². The molecule has 0 aromatic heterocycles. The lowest BCUT2D eigenvalue weighted by Crippen LogP contribution is -1.86. The van der Waals surface area contributed by atoms with Crippen LogP contribution in [0.15, 0.2) is 22.7 Å². The van der Waals surface area contributed by atoms with Crippen LogP contribution < -0.4 is 5.73 Å². The van der Waals surface area contributed by atoms with Gasteiger partial charge in [-0.15, -0.1) is 5.73 Å². The fourth-order valence-electron chi connectivity index (χ4n) is 0.244. The van der Waals surface area contributed by atoms with Crippen molar-refractivity contribution in [3.63, 3.8) is 0 Å². The normalized spacial score (nSPS) is 7.12. The van der Waals surface area contributed by atoms with Gasteiger partial charge in [0, 0.05) is 5.70 Å². The average molecular weight is 112 g/mol. The van der Waals surface area contributed by atoms with E-state index < -0.39 is 0 Å². The highest BCUT2D eigenvalue weighted by molar-refractivity contribution is 4.93. The highest BCUT2D eigenvalue weighted by Crippen LogP contribution is 1.74. The lowest BCUT2D eigenvalue weighted by molar-refractivity contribution is 1.22. The molecule has 0 heterocycles. The third-order valence-electron chi connectivity index (χ3n) is 0.496. The summed E-state index contributed by atoms with van der Waals surface area (Å²) >= 11 is 0. The number of nitroso groups, excluding NO2 is 1. The van der Waals surface area contributed by atoms with Crippen LogP contribution in [0, 0.1) is 4.91 Å². The second kappa shape index (κ2) is 4.09. The van der Waals surface area contributed by atoms with Crippen molar-refractivity contribution in [2.24, 2.45) is 10.9 Å². The summed E-state index contributed by atoms with van der Waals surface area (Å²) in [7, 11) is 0. The third-order valence-corrected chi connectivity index (χ3v) is 0.496. The molecule has 2 N–H and O–H groups in total. The van der Waals surface area contributed by atoms with Gasteiger partial charge in [-0.25, -0.2) is 0 Å². The lowest BCUT2D eigenvalue weighted by atomic mass is 10.5. The Labute approximate surface area is 47.9 Å². The van der Waals surface area contributed by atoms with Crippen molar-refractivity contribution in [2.45, 2.75) is 6.92 Å². The zero-order chi connectivity index (χ0) is 6.41. The Bertz CT molecular complexity index is 129. The van der Waals surface area contributed by atoms with Crippen LogP contribution in [0.2, 0.25) is 0 Å². The van der Waals surface area contributed by atoms with Gasteiger partial charge in [0.05, 0.1) is 0 Å². The van der Waals surface area contributed by atoms with E-state index in [4.69, 9.17) is 5.73 Å². The Morgan fingerprint density at radius 2 is 2.62 bits per heavy atom. The highest BCUT2D eigenvalue weighted by atomic mass is 16.3. The molecule has 8 heavy (non-hydrogen) atoms. The SMILES string of the molecule is CC(N)=C=CCN=O. The van der Waals surface area contributed by atoms with Crippen molar-refractivity contribution in [3.05, 3.63) is 22.4 Å². The first-order valence-electron chi connectivity index (χ1n) is 2.23. The van der Waals surface area contributed by atoms with Crippen LogP contribution >= 0.6 is 0 Å². The third kappa shape index (κ3) is 4.92. The molecule has 0 rings (SSSR count). The molecule has 0 radical (unpaired) electrons. The molecule has 44 valence electrons. The smallest absolute Gasteiger partial charge is 0.107 e. The van der Waals surface area contributed by atoms with Crippen molar-refractivity contribution in [2.75, 3.05) is 6.54 Å². The number of nitrogens with two attached hydrogens (primary N) is 1. The van der Waals surface area contributed by atoms with Crippen LogP contribution in [-0.2, 0) is 0 Å². The Hall–Kier alpha value is -1.08. The van der Waals surface area contributed by atoms with E-state index in [1.165, 1.54) is 6.08 Å². The van der Waals surface area contributed by atoms with Gasteiger partial charge in [0.25, 0.3) is 0 Å². The molecule has 3 nitrogen and oxygen atoms in total. The lowest BCUT2D eigenvalue weighted by Gasteiger charge is -1.75. The van der Waals surface area contributed by atoms with Crippen LogP contribution in [0.4, 0.5) is 0 Å². The second-order valence-electron chi connectivity index (χ2n) is 1.34.